The number of ether oxygens (including phenoxy) is 1. The van der Waals surface area contributed by atoms with Crippen molar-refractivity contribution < 1.29 is 27.1 Å². The zero-order valence-corrected chi connectivity index (χ0v) is 14.2. The van der Waals surface area contributed by atoms with E-state index in [1.807, 2.05) is 0 Å². The maximum atomic E-state index is 14.1. The van der Waals surface area contributed by atoms with E-state index >= 15 is 0 Å². The molecule has 1 aliphatic carbocycles. The van der Waals surface area contributed by atoms with E-state index in [1.165, 1.54) is 41.3 Å². The molecule has 3 rings (SSSR count). The van der Waals surface area contributed by atoms with E-state index in [0.29, 0.717) is 0 Å². The number of rotatable bonds is 4. The zero-order valence-electron chi connectivity index (χ0n) is 14.2. The maximum absolute atomic E-state index is 14.1. The molecule has 7 heteroatoms. The fourth-order valence-electron chi connectivity index (χ4n) is 2.80. The van der Waals surface area contributed by atoms with Gasteiger partial charge in [0.1, 0.15) is 5.75 Å². The lowest BCUT2D eigenvalue weighted by molar-refractivity contribution is -0.160. The van der Waals surface area contributed by atoms with Gasteiger partial charge in [0.25, 0.3) is 5.91 Å². The lowest BCUT2D eigenvalue weighted by atomic mass is 9.95. The number of hydrogen-bond acceptors (Lipinski definition) is 2. The molecule has 0 spiro atoms. The van der Waals surface area contributed by atoms with Gasteiger partial charge in [0.15, 0.2) is 11.6 Å². The topological polar surface area (TPSA) is 29.5 Å². The van der Waals surface area contributed by atoms with Crippen LogP contribution in [-0.2, 0) is 5.41 Å². The molecule has 1 amide bonds. The highest BCUT2D eigenvalue weighted by atomic mass is 19.4. The fraction of sp³-hybridized carbons (Fsp3) is 0.316. The van der Waals surface area contributed by atoms with Gasteiger partial charge < -0.3 is 9.64 Å². The number of amides is 1. The molecule has 0 heterocycles. The number of carbonyl (C=O) groups excluding carboxylic acids is 1. The number of alkyl halides is 3. The summed E-state index contributed by atoms with van der Waals surface area (Å²) in [5.74, 6) is -0.959. The highest BCUT2D eigenvalue weighted by Crippen LogP contribution is 2.58. The highest BCUT2D eigenvalue weighted by Gasteiger charge is 2.64. The van der Waals surface area contributed by atoms with Gasteiger partial charge in [-0.05, 0) is 48.7 Å². The molecule has 1 saturated carbocycles. The number of hydrogen-bond donors (Lipinski definition) is 0. The quantitative estimate of drug-likeness (QED) is 0.719. The van der Waals surface area contributed by atoms with Gasteiger partial charge in [0, 0.05) is 19.7 Å². The minimum atomic E-state index is -4.28. The predicted octanol–water partition coefficient (Wildman–Crippen LogP) is 4.91. The Labute approximate surface area is 148 Å². The summed E-state index contributed by atoms with van der Waals surface area (Å²) < 4.78 is 58.9. The Hall–Kier alpha value is -2.57. The van der Waals surface area contributed by atoms with Crippen molar-refractivity contribution in [3.63, 3.8) is 0 Å². The molecule has 26 heavy (non-hydrogen) atoms. The average Bonchev–Trinajstić information content (AvgIpc) is 3.38. The molecule has 2 aromatic carbocycles. The molecule has 0 unspecified atom stereocenters. The van der Waals surface area contributed by atoms with Crippen LogP contribution in [0.1, 0.15) is 28.8 Å². The van der Waals surface area contributed by atoms with Crippen LogP contribution in [0.25, 0.3) is 0 Å². The predicted molar refractivity (Wildman–Crippen MR) is 87.9 cm³/mol. The van der Waals surface area contributed by atoms with Crippen LogP contribution in [-0.4, -0.2) is 31.1 Å². The third-order valence-electron chi connectivity index (χ3n) is 4.51. The summed E-state index contributed by atoms with van der Waals surface area (Å²) in [5.41, 5.74) is -1.40. The van der Waals surface area contributed by atoms with Crippen LogP contribution in [0.3, 0.4) is 0 Å². The Balaban J connectivity index is 1.77. The van der Waals surface area contributed by atoms with Crippen LogP contribution in [0.5, 0.6) is 11.5 Å². The van der Waals surface area contributed by atoms with E-state index in [2.05, 4.69) is 0 Å². The number of halogens is 4. The Kier molecular flexibility index (Phi) is 4.42. The second-order valence-electron chi connectivity index (χ2n) is 6.55. The number of carbonyl (C=O) groups is 1. The Morgan fingerprint density at radius 2 is 1.69 bits per heavy atom. The summed E-state index contributed by atoms with van der Waals surface area (Å²) in [6.07, 6.45) is -4.13. The van der Waals surface area contributed by atoms with Crippen molar-refractivity contribution in [3.8, 4) is 11.5 Å². The normalized spacial score (nSPS) is 15.5. The van der Waals surface area contributed by atoms with E-state index in [-0.39, 0.29) is 41.4 Å². The molecule has 2 aromatic rings. The fourth-order valence-corrected chi connectivity index (χ4v) is 2.80. The van der Waals surface area contributed by atoms with Crippen molar-refractivity contribution in [3.05, 3.63) is 59.4 Å². The molecule has 0 atom stereocenters. The number of benzene rings is 2. The molecular weight excluding hydrogens is 350 g/mol. The lowest BCUT2D eigenvalue weighted by Crippen LogP contribution is -2.28. The first kappa shape index (κ1) is 18.2. The van der Waals surface area contributed by atoms with Crippen molar-refractivity contribution >= 4 is 5.91 Å². The molecular formula is C19H17F4NO2. The van der Waals surface area contributed by atoms with Crippen LogP contribution < -0.4 is 4.74 Å². The SMILES string of the molecule is CN(C)C(=O)c1ccc(Oc2ccc(C3(C(F)(F)F)CC3)cc2)c(F)c1. The number of nitrogens with zero attached hydrogens (tertiary/aromatic N) is 1. The molecule has 0 aliphatic heterocycles. The van der Waals surface area contributed by atoms with Gasteiger partial charge in [-0.15, -0.1) is 0 Å². The van der Waals surface area contributed by atoms with Gasteiger partial charge in [0.2, 0.25) is 0 Å². The second-order valence-corrected chi connectivity index (χ2v) is 6.55. The maximum Gasteiger partial charge on any atom is 0.398 e. The Bertz CT molecular complexity index is 824. The summed E-state index contributed by atoms with van der Waals surface area (Å²) in [6, 6.07) is 9.30. The third-order valence-corrected chi connectivity index (χ3v) is 4.51. The lowest BCUT2D eigenvalue weighted by Gasteiger charge is -2.19. The van der Waals surface area contributed by atoms with Crippen molar-refractivity contribution in [1.82, 2.24) is 4.90 Å². The van der Waals surface area contributed by atoms with Crippen molar-refractivity contribution in [2.24, 2.45) is 0 Å². The van der Waals surface area contributed by atoms with E-state index in [9.17, 15) is 22.4 Å². The molecule has 1 aliphatic rings. The molecule has 0 saturated heterocycles. The largest absolute Gasteiger partial charge is 0.454 e. The van der Waals surface area contributed by atoms with Gasteiger partial charge >= 0.3 is 6.18 Å². The average molecular weight is 367 g/mol. The minimum absolute atomic E-state index is 0.0761. The summed E-state index contributed by atoms with van der Waals surface area (Å²) in [6.45, 7) is 0. The van der Waals surface area contributed by atoms with Crippen LogP contribution in [0.2, 0.25) is 0 Å². The molecule has 0 radical (unpaired) electrons. The molecule has 1 fully saturated rings. The zero-order chi connectivity index (χ0) is 19.1. The Morgan fingerprint density at radius 3 is 2.15 bits per heavy atom. The minimum Gasteiger partial charge on any atom is -0.454 e. The van der Waals surface area contributed by atoms with Crippen LogP contribution >= 0.6 is 0 Å². The summed E-state index contributed by atoms with van der Waals surface area (Å²) >= 11 is 0. The van der Waals surface area contributed by atoms with Crippen molar-refractivity contribution in [1.29, 1.82) is 0 Å². The van der Waals surface area contributed by atoms with Gasteiger partial charge in [-0.3, -0.25) is 4.79 Å². The monoisotopic (exact) mass is 367 g/mol. The summed E-state index contributed by atoms with van der Waals surface area (Å²) in [7, 11) is 3.11. The van der Waals surface area contributed by atoms with E-state index in [4.69, 9.17) is 4.74 Å². The molecule has 138 valence electrons. The van der Waals surface area contributed by atoms with Gasteiger partial charge in [-0.25, -0.2) is 4.39 Å². The Morgan fingerprint density at radius 1 is 1.08 bits per heavy atom. The van der Waals surface area contributed by atoms with E-state index < -0.39 is 17.4 Å². The van der Waals surface area contributed by atoms with Crippen molar-refractivity contribution in [2.75, 3.05) is 14.1 Å². The first-order valence-corrected chi connectivity index (χ1v) is 8.00. The smallest absolute Gasteiger partial charge is 0.398 e. The van der Waals surface area contributed by atoms with Crippen molar-refractivity contribution in [2.45, 2.75) is 24.4 Å². The standard InChI is InChI=1S/C19H17F4NO2/c1-24(2)17(25)12-3-8-16(15(20)11-12)26-14-6-4-13(5-7-14)18(9-10-18)19(21,22)23/h3-8,11H,9-10H2,1-2H3. The van der Waals surface area contributed by atoms with E-state index in [1.54, 1.807) is 14.1 Å². The van der Waals surface area contributed by atoms with Gasteiger partial charge in [-0.2, -0.15) is 13.2 Å². The first-order valence-electron chi connectivity index (χ1n) is 8.00. The molecule has 0 aromatic heterocycles. The summed E-state index contributed by atoms with van der Waals surface area (Å²) in [4.78, 5) is 13.1. The van der Waals surface area contributed by atoms with Crippen LogP contribution in [0.4, 0.5) is 17.6 Å². The molecule has 3 nitrogen and oxygen atoms in total. The molecule has 0 bridgehead atoms. The second kappa shape index (κ2) is 6.30. The molecule has 0 N–H and O–H groups in total. The highest BCUT2D eigenvalue weighted by molar-refractivity contribution is 5.94. The van der Waals surface area contributed by atoms with Gasteiger partial charge in [0.05, 0.1) is 5.41 Å². The first-order chi connectivity index (χ1) is 12.1. The third kappa shape index (κ3) is 3.25. The van der Waals surface area contributed by atoms with Crippen LogP contribution in [0.15, 0.2) is 42.5 Å². The van der Waals surface area contributed by atoms with Gasteiger partial charge in [-0.1, -0.05) is 12.1 Å². The van der Waals surface area contributed by atoms with E-state index in [0.717, 1.165) is 6.07 Å². The van der Waals surface area contributed by atoms with Crippen LogP contribution in [0, 0.1) is 5.82 Å². The summed E-state index contributed by atoms with van der Waals surface area (Å²) in [5, 5.41) is 0.